The van der Waals surface area contributed by atoms with Gasteiger partial charge in [0.1, 0.15) is 11.6 Å². The molecule has 0 amide bonds. The average Bonchev–Trinajstić information content (AvgIpc) is 3.06. The summed E-state index contributed by atoms with van der Waals surface area (Å²) >= 11 is 0. The number of Topliss-reactive ketones (excluding diaryl/α,β-unsaturated/α-hetero) is 1. The van der Waals surface area contributed by atoms with Crippen molar-refractivity contribution in [1.29, 1.82) is 0 Å². The van der Waals surface area contributed by atoms with Crippen LogP contribution in [-0.4, -0.2) is 22.9 Å². The van der Waals surface area contributed by atoms with Crippen LogP contribution in [0, 0.1) is 11.6 Å². The van der Waals surface area contributed by atoms with Crippen LogP contribution in [-0.2, 0) is 0 Å². The fourth-order valence-corrected chi connectivity index (χ4v) is 2.58. The molecule has 3 aromatic rings. The van der Waals surface area contributed by atoms with E-state index in [1.54, 1.807) is 0 Å². The summed E-state index contributed by atoms with van der Waals surface area (Å²) in [5, 5.41) is 0. The van der Waals surface area contributed by atoms with Crippen molar-refractivity contribution in [2.75, 3.05) is 0 Å². The average molecular weight is 401 g/mol. The maximum absolute atomic E-state index is 13.5. The lowest BCUT2D eigenvalue weighted by atomic mass is 10.0. The first kappa shape index (κ1) is 19.7. The van der Waals surface area contributed by atoms with E-state index in [0.717, 1.165) is 30.3 Å². The molecular weight excluding hydrogens is 391 g/mol. The summed E-state index contributed by atoms with van der Waals surface area (Å²) in [6, 6.07) is 10.1. The van der Waals surface area contributed by atoms with Gasteiger partial charge in [-0.05, 0) is 53.6 Å². The molecule has 9 heteroatoms. The summed E-state index contributed by atoms with van der Waals surface area (Å²) in [7, 11) is 0. The molecule has 28 heavy (non-hydrogen) atoms. The first-order chi connectivity index (χ1) is 13.0. The third-order valence-corrected chi connectivity index (χ3v) is 3.99. The van der Waals surface area contributed by atoms with Crippen molar-refractivity contribution in [2.24, 2.45) is 0 Å². The lowest BCUT2D eigenvalue weighted by molar-refractivity contribution is -0.255. The van der Waals surface area contributed by atoms with Crippen LogP contribution in [0.4, 0.5) is 30.7 Å². The Labute approximate surface area is 153 Å². The normalized spacial score (nSPS) is 12.2. The standard InChI is InChI=1S/C19H10F7NO/c20-12-5-1-10(2-6-12)14-9-15(17(28)18(22,23)19(24,25)26)27-16(14)11-3-7-13(21)8-4-11/h1-9,27H. The highest BCUT2D eigenvalue weighted by atomic mass is 19.4. The maximum atomic E-state index is 13.5. The van der Waals surface area contributed by atoms with Crippen LogP contribution in [0.5, 0.6) is 0 Å². The summed E-state index contributed by atoms with van der Waals surface area (Å²) in [6.07, 6.45) is -6.07. The summed E-state index contributed by atoms with van der Waals surface area (Å²) in [5.41, 5.74) is -0.414. The number of H-pyrrole nitrogens is 1. The zero-order valence-electron chi connectivity index (χ0n) is 13.8. The first-order valence-corrected chi connectivity index (χ1v) is 7.75. The molecule has 2 nitrogen and oxygen atoms in total. The summed E-state index contributed by atoms with van der Waals surface area (Å²) in [4.78, 5) is 14.1. The molecule has 2 aromatic carbocycles. The van der Waals surface area contributed by atoms with Crippen LogP contribution in [0.1, 0.15) is 10.5 Å². The highest BCUT2D eigenvalue weighted by molar-refractivity contribution is 6.03. The Morgan fingerprint density at radius 3 is 1.68 bits per heavy atom. The number of hydrogen-bond acceptors (Lipinski definition) is 1. The van der Waals surface area contributed by atoms with Crippen LogP contribution in [0.15, 0.2) is 54.6 Å². The highest BCUT2D eigenvalue weighted by Crippen LogP contribution is 2.40. The Bertz CT molecular complexity index is 939. The van der Waals surface area contributed by atoms with Gasteiger partial charge < -0.3 is 4.98 Å². The molecule has 146 valence electrons. The molecule has 1 N–H and O–H groups in total. The number of benzene rings is 2. The van der Waals surface area contributed by atoms with E-state index in [0.29, 0.717) is 0 Å². The fourth-order valence-electron chi connectivity index (χ4n) is 2.58. The second-order valence-corrected chi connectivity index (χ2v) is 5.89. The van der Waals surface area contributed by atoms with Gasteiger partial charge in [-0.15, -0.1) is 0 Å². The van der Waals surface area contributed by atoms with Gasteiger partial charge in [0, 0.05) is 5.56 Å². The second-order valence-electron chi connectivity index (χ2n) is 5.89. The van der Waals surface area contributed by atoms with Gasteiger partial charge in [0.05, 0.1) is 11.4 Å². The lowest BCUT2D eigenvalue weighted by Gasteiger charge is -2.17. The van der Waals surface area contributed by atoms with Gasteiger partial charge in [0.15, 0.2) is 0 Å². The predicted molar refractivity (Wildman–Crippen MR) is 86.9 cm³/mol. The molecule has 0 saturated carbocycles. The molecule has 0 atom stereocenters. The van der Waals surface area contributed by atoms with Gasteiger partial charge in [0.25, 0.3) is 5.78 Å². The number of ketones is 1. The van der Waals surface area contributed by atoms with E-state index in [1.807, 2.05) is 0 Å². The molecule has 1 aromatic heterocycles. The molecular formula is C19H10F7NO. The molecule has 0 unspecified atom stereocenters. The Morgan fingerprint density at radius 2 is 1.21 bits per heavy atom. The van der Waals surface area contributed by atoms with Crippen molar-refractivity contribution in [3.05, 3.63) is 71.9 Å². The Morgan fingerprint density at radius 1 is 0.750 bits per heavy atom. The van der Waals surface area contributed by atoms with E-state index in [-0.39, 0.29) is 22.4 Å². The van der Waals surface area contributed by atoms with E-state index in [9.17, 15) is 35.5 Å². The Balaban J connectivity index is 2.16. The lowest BCUT2D eigenvalue weighted by Crippen LogP contribution is -2.44. The van der Waals surface area contributed by atoms with E-state index >= 15 is 0 Å². The molecule has 0 aliphatic heterocycles. The third kappa shape index (κ3) is 3.51. The molecule has 1 heterocycles. The largest absolute Gasteiger partial charge is 0.461 e. The Kier molecular flexibility index (Phi) is 4.78. The Hall–Kier alpha value is -3.10. The summed E-state index contributed by atoms with van der Waals surface area (Å²) in [6.45, 7) is 0. The molecule has 3 rings (SSSR count). The number of aromatic amines is 1. The van der Waals surface area contributed by atoms with E-state index in [2.05, 4.69) is 4.98 Å². The zero-order chi connectivity index (χ0) is 20.7. The van der Waals surface area contributed by atoms with Crippen molar-refractivity contribution in [2.45, 2.75) is 12.1 Å². The van der Waals surface area contributed by atoms with Crippen molar-refractivity contribution in [1.82, 2.24) is 4.98 Å². The van der Waals surface area contributed by atoms with Gasteiger partial charge >= 0.3 is 12.1 Å². The number of carbonyl (C=O) groups excluding carboxylic acids is 1. The SMILES string of the molecule is O=C(c1cc(-c2ccc(F)cc2)c(-c2ccc(F)cc2)[nH]1)C(F)(F)C(F)(F)F. The minimum absolute atomic E-state index is 0.00735. The molecule has 0 aliphatic rings. The van der Waals surface area contributed by atoms with Crippen molar-refractivity contribution >= 4 is 5.78 Å². The van der Waals surface area contributed by atoms with Crippen molar-refractivity contribution in [3.8, 4) is 22.4 Å². The number of rotatable bonds is 4. The van der Waals surface area contributed by atoms with Crippen LogP contribution in [0.2, 0.25) is 0 Å². The van der Waals surface area contributed by atoms with Gasteiger partial charge in [-0.3, -0.25) is 4.79 Å². The monoisotopic (exact) mass is 401 g/mol. The third-order valence-electron chi connectivity index (χ3n) is 3.99. The predicted octanol–water partition coefficient (Wildman–Crippen LogP) is 6.01. The fraction of sp³-hybridized carbons (Fsp3) is 0.105. The van der Waals surface area contributed by atoms with Gasteiger partial charge in [-0.25, -0.2) is 8.78 Å². The minimum atomic E-state index is -6.07. The van der Waals surface area contributed by atoms with Crippen molar-refractivity contribution < 1.29 is 35.5 Å². The van der Waals surface area contributed by atoms with Crippen LogP contribution in [0.25, 0.3) is 22.4 Å². The van der Waals surface area contributed by atoms with Crippen LogP contribution in [0.3, 0.4) is 0 Å². The number of hydrogen-bond donors (Lipinski definition) is 1. The zero-order valence-corrected chi connectivity index (χ0v) is 13.8. The quantitative estimate of drug-likeness (QED) is 0.422. The first-order valence-electron chi connectivity index (χ1n) is 7.75. The molecule has 0 radical (unpaired) electrons. The second kappa shape index (κ2) is 6.81. The minimum Gasteiger partial charge on any atom is -0.351 e. The molecule has 0 aliphatic carbocycles. The van der Waals surface area contributed by atoms with Crippen LogP contribution < -0.4 is 0 Å². The number of aromatic nitrogens is 1. The highest BCUT2D eigenvalue weighted by Gasteiger charge is 2.63. The van der Waals surface area contributed by atoms with Gasteiger partial charge in [0.2, 0.25) is 0 Å². The maximum Gasteiger partial charge on any atom is 0.461 e. The van der Waals surface area contributed by atoms with E-state index < -0.39 is 35.2 Å². The molecule has 0 bridgehead atoms. The topological polar surface area (TPSA) is 32.9 Å². The number of halogens is 7. The summed E-state index contributed by atoms with van der Waals surface area (Å²) in [5.74, 6) is -9.25. The molecule has 0 fully saturated rings. The van der Waals surface area contributed by atoms with E-state index in [1.165, 1.54) is 24.3 Å². The summed E-state index contributed by atoms with van der Waals surface area (Å²) < 4.78 is 90.9. The van der Waals surface area contributed by atoms with Gasteiger partial charge in [-0.2, -0.15) is 22.0 Å². The smallest absolute Gasteiger partial charge is 0.351 e. The number of carbonyl (C=O) groups is 1. The number of nitrogens with one attached hydrogen (secondary N) is 1. The van der Waals surface area contributed by atoms with Crippen LogP contribution >= 0.6 is 0 Å². The molecule has 0 saturated heterocycles. The van der Waals surface area contributed by atoms with Gasteiger partial charge in [-0.1, -0.05) is 12.1 Å². The van der Waals surface area contributed by atoms with Crippen molar-refractivity contribution in [3.63, 3.8) is 0 Å². The molecule has 0 spiro atoms. The van der Waals surface area contributed by atoms with E-state index in [4.69, 9.17) is 0 Å². The number of alkyl halides is 5.